The Kier molecular flexibility index (Phi) is 56.4. The number of carbonyl (C=O) groups is 1. The van der Waals surface area contributed by atoms with Crippen molar-refractivity contribution in [1.82, 2.24) is 5.32 Å². The van der Waals surface area contributed by atoms with Crippen LogP contribution in [-0.2, 0) is 4.79 Å². The minimum absolute atomic E-state index is 0.0763. The van der Waals surface area contributed by atoms with Crippen LogP contribution in [0.3, 0.4) is 0 Å². The predicted octanol–water partition coefficient (Wildman–Crippen LogP) is 19.6. The van der Waals surface area contributed by atoms with E-state index in [1.54, 1.807) is 6.08 Å². The Balaban J connectivity index is 3.54. The molecule has 0 fully saturated rings. The number of allylic oxidation sites excluding steroid dienone is 19. The summed E-state index contributed by atoms with van der Waals surface area (Å²) in [7, 11) is 0. The SMILES string of the molecule is CC/C=C\C/C=C\C/C=C\C/C=C\C/C=C\C/C=C\C/C=C\C/C=C\CCCCCCCCCCCCCCCCCCC(=O)NC(CO)C(O)/C=C/CC/C=C/CCCCCCCCCCCC. The zero-order chi connectivity index (χ0) is 49.9. The summed E-state index contributed by atoms with van der Waals surface area (Å²) in [6.07, 6.45) is 90.8. The average molecular weight is 955 g/mol. The molecule has 2 unspecified atom stereocenters. The molecule has 2 atom stereocenters. The third-order valence-electron chi connectivity index (χ3n) is 12.7. The summed E-state index contributed by atoms with van der Waals surface area (Å²) in [5.41, 5.74) is 0. The molecule has 69 heavy (non-hydrogen) atoms. The Morgan fingerprint density at radius 1 is 0.362 bits per heavy atom. The molecule has 0 radical (unpaired) electrons. The van der Waals surface area contributed by atoms with Gasteiger partial charge in [-0.1, -0.05) is 283 Å². The number of rotatable bonds is 52. The van der Waals surface area contributed by atoms with Crippen LogP contribution < -0.4 is 5.32 Å². The van der Waals surface area contributed by atoms with Gasteiger partial charge in [0.2, 0.25) is 5.91 Å². The third-order valence-corrected chi connectivity index (χ3v) is 12.7. The molecule has 0 spiro atoms. The smallest absolute Gasteiger partial charge is 0.220 e. The van der Waals surface area contributed by atoms with Gasteiger partial charge in [-0.3, -0.25) is 4.79 Å². The van der Waals surface area contributed by atoms with Gasteiger partial charge in [0.05, 0.1) is 18.8 Å². The number of hydrogen-bond acceptors (Lipinski definition) is 3. The van der Waals surface area contributed by atoms with Crippen molar-refractivity contribution < 1.29 is 15.0 Å². The van der Waals surface area contributed by atoms with Crippen molar-refractivity contribution in [2.75, 3.05) is 6.61 Å². The Morgan fingerprint density at radius 3 is 1.01 bits per heavy atom. The van der Waals surface area contributed by atoms with E-state index in [2.05, 4.69) is 129 Å². The fourth-order valence-electron chi connectivity index (χ4n) is 8.27. The topological polar surface area (TPSA) is 69.6 Å². The molecule has 0 aromatic rings. The largest absolute Gasteiger partial charge is 0.394 e. The van der Waals surface area contributed by atoms with Gasteiger partial charge in [0.15, 0.2) is 0 Å². The van der Waals surface area contributed by atoms with E-state index >= 15 is 0 Å². The van der Waals surface area contributed by atoms with Crippen molar-refractivity contribution in [2.45, 2.75) is 276 Å². The van der Waals surface area contributed by atoms with Crippen molar-refractivity contribution in [1.29, 1.82) is 0 Å². The molecule has 394 valence electrons. The van der Waals surface area contributed by atoms with Crippen molar-refractivity contribution in [2.24, 2.45) is 0 Å². The molecular formula is C65H111NO3. The van der Waals surface area contributed by atoms with Crippen LogP contribution in [-0.4, -0.2) is 34.9 Å². The summed E-state index contributed by atoms with van der Waals surface area (Å²) >= 11 is 0. The lowest BCUT2D eigenvalue weighted by atomic mass is 10.0. The highest BCUT2D eigenvalue weighted by Crippen LogP contribution is 2.16. The lowest BCUT2D eigenvalue weighted by molar-refractivity contribution is -0.123. The standard InChI is InChI=1S/C65H111NO3/c1-3-5-7-9-11-13-15-17-19-21-22-23-24-25-26-27-28-29-30-31-32-33-34-35-36-37-38-39-40-41-42-43-44-45-47-49-51-53-55-57-59-61-65(69)66-63(62-67)64(68)60-58-56-54-52-50-48-46-20-18-16-14-12-10-8-6-4-2/h5,7,11,13,17,19,22-23,25-26,28-29,31-32,34-35,50,52,58,60,63-64,67-68H,3-4,6,8-10,12,14-16,18,20-21,24,27,30,33,36-49,51,53-57,59,61-62H2,1-2H3,(H,66,69)/b7-5-,13-11-,19-17-,23-22-,26-25-,29-28-,32-31-,35-34-,52-50+,60-58+. The molecule has 0 aromatic heterocycles. The van der Waals surface area contributed by atoms with Gasteiger partial charge >= 0.3 is 0 Å². The Labute approximate surface area is 428 Å². The van der Waals surface area contributed by atoms with E-state index in [1.807, 2.05) is 6.08 Å². The molecule has 4 heteroatoms. The van der Waals surface area contributed by atoms with Gasteiger partial charge < -0.3 is 15.5 Å². The third kappa shape index (κ3) is 55.6. The van der Waals surface area contributed by atoms with Gasteiger partial charge in [0, 0.05) is 6.42 Å². The van der Waals surface area contributed by atoms with Crippen molar-refractivity contribution in [3.8, 4) is 0 Å². The van der Waals surface area contributed by atoms with E-state index in [-0.39, 0.29) is 12.5 Å². The van der Waals surface area contributed by atoms with Gasteiger partial charge in [0.1, 0.15) is 0 Å². The number of aliphatic hydroxyl groups excluding tert-OH is 2. The molecule has 0 aliphatic heterocycles. The fourth-order valence-corrected chi connectivity index (χ4v) is 8.27. The minimum atomic E-state index is -0.867. The number of nitrogens with one attached hydrogen (secondary N) is 1. The molecule has 0 saturated carbocycles. The molecule has 1 amide bonds. The Hall–Kier alpha value is -3.21. The maximum atomic E-state index is 12.5. The van der Waals surface area contributed by atoms with Gasteiger partial charge in [-0.05, 0) is 96.3 Å². The molecule has 0 aromatic carbocycles. The summed E-state index contributed by atoms with van der Waals surface area (Å²) in [4.78, 5) is 12.5. The molecule has 0 rings (SSSR count). The van der Waals surface area contributed by atoms with Crippen LogP contribution in [0.4, 0.5) is 0 Å². The predicted molar refractivity (Wildman–Crippen MR) is 308 cm³/mol. The summed E-state index contributed by atoms with van der Waals surface area (Å²) < 4.78 is 0. The second-order valence-corrected chi connectivity index (χ2v) is 19.3. The molecule has 0 bridgehead atoms. The lowest BCUT2D eigenvalue weighted by Crippen LogP contribution is -2.45. The van der Waals surface area contributed by atoms with Crippen molar-refractivity contribution in [3.05, 3.63) is 122 Å². The average Bonchev–Trinajstić information content (AvgIpc) is 3.35. The van der Waals surface area contributed by atoms with Gasteiger partial charge in [0.25, 0.3) is 0 Å². The van der Waals surface area contributed by atoms with Crippen molar-refractivity contribution in [3.63, 3.8) is 0 Å². The molecule has 0 aliphatic rings. The minimum Gasteiger partial charge on any atom is -0.394 e. The number of amides is 1. The van der Waals surface area contributed by atoms with E-state index in [4.69, 9.17) is 0 Å². The molecule has 3 N–H and O–H groups in total. The Bertz CT molecular complexity index is 1360. The summed E-state index contributed by atoms with van der Waals surface area (Å²) in [5.74, 6) is -0.0763. The van der Waals surface area contributed by atoms with Crippen LogP contribution in [0.1, 0.15) is 264 Å². The maximum absolute atomic E-state index is 12.5. The zero-order valence-corrected chi connectivity index (χ0v) is 45.3. The number of hydrogen-bond donors (Lipinski definition) is 3. The molecule has 0 saturated heterocycles. The molecular weight excluding hydrogens is 843 g/mol. The highest BCUT2D eigenvalue weighted by atomic mass is 16.3. The second kappa shape index (κ2) is 59.1. The zero-order valence-electron chi connectivity index (χ0n) is 45.3. The van der Waals surface area contributed by atoms with Crippen LogP contribution in [0.25, 0.3) is 0 Å². The van der Waals surface area contributed by atoms with Crippen LogP contribution in [0.15, 0.2) is 122 Å². The summed E-state index contributed by atoms with van der Waals surface area (Å²) in [6, 6.07) is -0.644. The number of aliphatic hydroxyl groups is 2. The van der Waals surface area contributed by atoms with E-state index in [0.29, 0.717) is 6.42 Å². The maximum Gasteiger partial charge on any atom is 0.220 e. The first-order valence-corrected chi connectivity index (χ1v) is 29.2. The van der Waals surface area contributed by atoms with Gasteiger partial charge in [-0.15, -0.1) is 0 Å². The summed E-state index contributed by atoms with van der Waals surface area (Å²) in [6.45, 7) is 4.18. The first-order chi connectivity index (χ1) is 34.2. The first-order valence-electron chi connectivity index (χ1n) is 29.2. The van der Waals surface area contributed by atoms with E-state index in [0.717, 1.165) is 83.5 Å². The quantitative estimate of drug-likeness (QED) is 0.0420. The van der Waals surface area contributed by atoms with Crippen molar-refractivity contribution >= 4 is 5.91 Å². The fraction of sp³-hybridized carbons (Fsp3) is 0.677. The highest BCUT2D eigenvalue weighted by Gasteiger charge is 2.18. The highest BCUT2D eigenvalue weighted by molar-refractivity contribution is 5.76. The van der Waals surface area contributed by atoms with Crippen LogP contribution >= 0.6 is 0 Å². The molecule has 0 heterocycles. The number of unbranched alkanes of at least 4 members (excludes halogenated alkanes) is 27. The van der Waals surface area contributed by atoms with E-state index in [1.165, 1.54) is 161 Å². The monoisotopic (exact) mass is 954 g/mol. The van der Waals surface area contributed by atoms with E-state index in [9.17, 15) is 15.0 Å². The normalized spacial score (nSPS) is 13.7. The van der Waals surface area contributed by atoms with E-state index < -0.39 is 12.1 Å². The summed E-state index contributed by atoms with van der Waals surface area (Å²) in [5, 5.41) is 23.1. The van der Waals surface area contributed by atoms with Gasteiger partial charge in [-0.25, -0.2) is 0 Å². The first kappa shape index (κ1) is 65.8. The van der Waals surface area contributed by atoms with Crippen LogP contribution in [0.5, 0.6) is 0 Å². The lowest BCUT2D eigenvalue weighted by Gasteiger charge is -2.19. The molecule has 4 nitrogen and oxygen atoms in total. The molecule has 0 aliphatic carbocycles. The number of carbonyl (C=O) groups excluding carboxylic acids is 1. The van der Waals surface area contributed by atoms with Gasteiger partial charge in [-0.2, -0.15) is 0 Å². The second-order valence-electron chi connectivity index (χ2n) is 19.3. The Morgan fingerprint density at radius 2 is 0.652 bits per heavy atom. The van der Waals surface area contributed by atoms with Crippen LogP contribution in [0, 0.1) is 0 Å². The van der Waals surface area contributed by atoms with Crippen LogP contribution in [0.2, 0.25) is 0 Å².